The van der Waals surface area contributed by atoms with Gasteiger partial charge >= 0.3 is 0 Å². The number of hydrogen-bond acceptors (Lipinski definition) is 6. The summed E-state index contributed by atoms with van der Waals surface area (Å²) in [6.07, 6.45) is 0.761. The van der Waals surface area contributed by atoms with E-state index in [1.54, 1.807) is 19.1 Å². The Balaban J connectivity index is 1.85. The molecule has 1 amide bonds. The molecule has 2 heterocycles. The van der Waals surface area contributed by atoms with Gasteiger partial charge < -0.3 is 10.1 Å². The zero-order valence-corrected chi connectivity index (χ0v) is 20.2. The molecule has 0 radical (unpaired) electrons. The van der Waals surface area contributed by atoms with E-state index in [1.807, 2.05) is 32.0 Å². The Bertz CT molecular complexity index is 1410. The molecule has 2 N–H and O–H groups in total. The molecule has 0 saturated carbocycles. The summed E-state index contributed by atoms with van der Waals surface area (Å²) in [4.78, 5) is 24.6. The molecular weight excluding hydrogens is 456 g/mol. The third-order valence-electron chi connectivity index (χ3n) is 5.84. The van der Waals surface area contributed by atoms with Gasteiger partial charge in [-0.2, -0.15) is 9.78 Å². The third kappa shape index (κ3) is 4.16. The standard InChI is InChI=1S/C24H26N4O5S/c1-5-16-8-6-7-14(2)23(16)27-34(31,32)19-13-17(9-10-18(19)33-4)22-15(3)26-28-21(30)12-11-20(29)25-24(22)28/h6-10,13,27H,5,11-12H2,1-4H3,(H,25,29). The summed E-state index contributed by atoms with van der Waals surface area (Å²) in [6, 6.07) is 10.3. The number of carbonyl (C=O) groups excluding carboxylic acids is 2. The molecule has 0 unspecified atom stereocenters. The number of nitrogens with one attached hydrogen (secondary N) is 2. The Morgan fingerprint density at radius 3 is 2.62 bits per heavy atom. The minimum atomic E-state index is -4.04. The van der Waals surface area contributed by atoms with E-state index in [4.69, 9.17) is 4.74 Å². The number of aryl methyl sites for hydroxylation is 3. The fourth-order valence-electron chi connectivity index (χ4n) is 4.09. The summed E-state index contributed by atoms with van der Waals surface area (Å²) in [6.45, 7) is 5.50. The smallest absolute Gasteiger partial charge is 0.265 e. The van der Waals surface area contributed by atoms with Gasteiger partial charge in [-0.15, -0.1) is 0 Å². The third-order valence-corrected chi connectivity index (χ3v) is 7.21. The number of anilines is 2. The van der Waals surface area contributed by atoms with Crippen molar-refractivity contribution in [1.82, 2.24) is 9.78 Å². The largest absolute Gasteiger partial charge is 0.495 e. The number of carbonyl (C=O) groups is 2. The van der Waals surface area contributed by atoms with Gasteiger partial charge in [-0.05, 0) is 49.1 Å². The molecule has 1 aromatic heterocycles. The van der Waals surface area contributed by atoms with Crippen LogP contribution in [0.1, 0.15) is 41.4 Å². The first kappa shape index (κ1) is 23.5. The summed E-state index contributed by atoms with van der Waals surface area (Å²) in [5.74, 6) is -0.210. The van der Waals surface area contributed by atoms with Crippen molar-refractivity contribution in [2.75, 3.05) is 17.1 Å². The molecule has 2 aromatic carbocycles. The van der Waals surface area contributed by atoms with Gasteiger partial charge in [-0.25, -0.2) is 8.42 Å². The van der Waals surface area contributed by atoms with E-state index >= 15 is 0 Å². The van der Waals surface area contributed by atoms with Crippen molar-refractivity contribution in [3.8, 4) is 16.9 Å². The first-order chi connectivity index (χ1) is 16.2. The number of methoxy groups -OCH3 is 1. The van der Waals surface area contributed by atoms with Crippen LogP contribution in [0.3, 0.4) is 0 Å². The number of nitrogens with zero attached hydrogens (tertiary/aromatic N) is 2. The lowest BCUT2D eigenvalue weighted by Gasteiger charge is -2.17. The van der Waals surface area contributed by atoms with E-state index in [1.165, 1.54) is 17.9 Å². The zero-order valence-electron chi connectivity index (χ0n) is 19.4. The predicted octanol–water partition coefficient (Wildman–Crippen LogP) is 3.91. The van der Waals surface area contributed by atoms with Crippen LogP contribution in [-0.2, 0) is 21.2 Å². The van der Waals surface area contributed by atoms with Gasteiger partial charge in [-0.1, -0.05) is 31.2 Å². The van der Waals surface area contributed by atoms with Crippen molar-refractivity contribution in [1.29, 1.82) is 0 Å². The van der Waals surface area contributed by atoms with Gasteiger partial charge in [0, 0.05) is 18.4 Å². The molecule has 3 aromatic rings. The van der Waals surface area contributed by atoms with Crippen LogP contribution in [0.2, 0.25) is 0 Å². The SMILES string of the molecule is CCc1cccc(C)c1NS(=O)(=O)c1cc(-c2c(C)nn3c2NC(=O)CCC3=O)ccc1OC. The van der Waals surface area contributed by atoms with E-state index in [9.17, 15) is 18.0 Å². The summed E-state index contributed by atoms with van der Waals surface area (Å²) < 4.78 is 36.3. The molecule has 10 heteroatoms. The minimum Gasteiger partial charge on any atom is -0.495 e. The minimum absolute atomic E-state index is 0.0434. The van der Waals surface area contributed by atoms with Crippen molar-refractivity contribution in [2.45, 2.75) is 44.9 Å². The summed E-state index contributed by atoms with van der Waals surface area (Å²) in [7, 11) is -2.65. The van der Waals surface area contributed by atoms with Crippen LogP contribution in [0.25, 0.3) is 11.1 Å². The Morgan fingerprint density at radius 1 is 1.15 bits per heavy atom. The summed E-state index contributed by atoms with van der Waals surface area (Å²) >= 11 is 0. The van der Waals surface area contributed by atoms with Gasteiger partial charge in [0.15, 0.2) is 0 Å². The van der Waals surface area contributed by atoms with E-state index in [2.05, 4.69) is 15.1 Å². The second kappa shape index (κ2) is 8.94. The maximum Gasteiger partial charge on any atom is 0.265 e. The second-order valence-electron chi connectivity index (χ2n) is 8.10. The van der Waals surface area contributed by atoms with Gasteiger partial charge in [0.05, 0.1) is 18.5 Å². The molecule has 0 fully saturated rings. The van der Waals surface area contributed by atoms with Gasteiger partial charge in [0.2, 0.25) is 11.8 Å². The number of rotatable bonds is 6. The number of benzene rings is 2. The van der Waals surface area contributed by atoms with Crippen LogP contribution in [0.5, 0.6) is 5.75 Å². The summed E-state index contributed by atoms with van der Waals surface area (Å²) in [5.41, 5.74) is 3.66. The number of hydrogen-bond donors (Lipinski definition) is 2. The second-order valence-corrected chi connectivity index (χ2v) is 9.75. The van der Waals surface area contributed by atoms with Crippen molar-refractivity contribution in [3.63, 3.8) is 0 Å². The lowest BCUT2D eigenvalue weighted by Crippen LogP contribution is -2.16. The van der Waals surface area contributed by atoms with Crippen LogP contribution >= 0.6 is 0 Å². The van der Waals surface area contributed by atoms with E-state index in [-0.39, 0.29) is 41.1 Å². The molecule has 34 heavy (non-hydrogen) atoms. The average molecular weight is 483 g/mol. The maximum absolute atomic E-state index is 13.5. The van der Waals surface area contributed by atoms with Gasteiger partial charge in [0.25, 0.3) is 10.0 Å². The fraction of sp³-hybridized carbons (Fsp3) is 0.292. The lowest BCUT2D eigenvalue weighted by atomic mass is 10.1. The van der Waals surface area contributed by atoms with E-state index < -0.39 is 10.0 Å². The molecule has 1 aliphatic rings. The monoisotopic (exact) mass is 482 g/mol. The molecule has 9 nitrogen and oxygen atoms in total. The first-order valence-corrected chi connectivity index (χ1v) is 12.4. The Kier molecular flexibility index (Phi) is 6.18. The molecule has 4 rings (SSSR count). The molecule has 0 bridgehead atoms. The van der Waals surface area contributed by atoms with Gasteiger partial charge in [0.1, 0.15) is 16.5 Å². The highest BCUT2D eigenvalue weighted by atomic mass is 32.2. The van der Waals surface area contributed by atoms with E-state index in [0.29, 0.717) is 28.9 Å². The van der Waals surface area contributed by atoms with Crippen LogP contribution in [-0.4, -0.2) is 37.1 Å². The highest BCUT2D eigenvalue weighted by Gasteiger charge is 2.28. The molecular formula is C24H26N4O5S. The highest BCUT2D eigenvalue weighted by Crippen LogP contribution is 2.37. The van der Waals surface area contributed by atoms with E-state index in [0.717, 1.165) is 11.1 Å². The Morgan fingerprint density at radius 2 is 1.91 bits per heavy atom. The van der Waals surface area contributed by atoms with Crippen molar-refractivity contribution >= 4 is 33.3 Å². The van der Waals surface area contributed by atoms with Crippen molar-refractivity contribution < 1.29 is 22.7 Å². The Hall–Kier alpha value is -3.66. The van der Waals surface area contributed by atoms with Gasteiger partial charge in [-0.3, -0.25) is 14.3 Å². The lowest BCUT2D eigenvalue weighted by molar-refractivity contribution is -0.116. The first-order valence-electron chi connectivity index (χ1n) is 10.9. The molecule has 0 aliphatic carbocycles. The molecule has 0 saturated heterocycles. The zero-order chi connectivity index (χ0) is 24.6. The average Bonchev–Trinajstić information content (AvgIpc) is 3.06. The highest BCUT2D eigenvalue weighted by molar-refractivity contribution is 7.92. The maximum atomic E-state index is 13.5. The van der Waals surface area contributed by atoms with Crippen LogP contribution in [0, 0.1) is 13.8 Å². The predicted molar refractivity (Wildman–Crippen MR) is 129 cm³/mol. The number of amides is 1. The van der Waals surface area contributed by atoms with Crippen LogP contribution in [0.4, 0.5) is 11.5 Å². The molecule has 178 valence electrons. The number of sulfonamides is 1. The number of aromatic nitrogens is 2. The van der Waals surface area contributed by atoms with Crippen molar-refractivity contribution in [3.05, 3.63) is 53.2 Å². The molecule has 0 spiro atoms. The Labute approximate surface area is 198 Å². The number of fused-ring (bicyclic) bond motifs is 1. The van der Waals surface area contributed by atoms with Crippen LogP contribution in [0.15, 0.2) is 41.3 Å². The van der Waals surface area contributed by atoms with Crippen molar-refractivity contribution in [2.24, 2.45) is 0 Å². The fourth-order valence-corrected chi connectivity index (χ4v) is 5.46. The summed E-state index contributed by atoms with van der Waals surface area (Å²) in [5, 5.41) is 7.03. The molecule has 0 atom stereocenters. The quantitative estimate of drug-likeness (QED) is 0.550. The van der Waals surface area contributed by atoms with Crippen LogP contribution < -0.4 is 14.8 Å². The normalized spacial score (nSPS) is 13.8. The topological polar surface area (TPSA) is 119 Å². The molecule has 1 aliphatic heterocycles. The number of para-hydroxylation sites is 1. The number of ether oxygens (including phenoxy) is 1.